The Morgan fingerprint density at radius 3 is 2.37 bits per heavy atom. The maximum Gasteiger partial charge on any atom is 0.586 e. The summed E-state index contributed by atoms with van der Waals surface area (Å²) in [5.74, 6) is 4.85. The zero-order valence-corrected chi connectivity index (χ0v) is 50.5. The highest BCUT2D eigenvalue weighted by Gasteiger charge is 2.53. The van der Waals surface area contributed by atoms with Crippen molar-refractivity contribution in [2.24, 2.45) is 23.6 Å². The smallest absolute Gasteiger partial charge is 0.465 e. The first kappa shape index (κ1) is 64.6. The third-order valence-electron chi connectivity index (χ3n) is 15.5. The first-order chi connectivity index (χ1) is 42.6. The molecule has 26 heteroatoms. The maximum atomic E-state index is 13.7. The molecule has 470 valence electrons. The van der Waals surface area contributed by atoms with Gasteiger partial charge in [0.1, 0.15) is 11.5 Å². The third kappa shape index (κ3) is 16.7. The molecule has 3 aliphatic rings. The molecule has 89 heavy (non-hydrogen) atoms. The first-order valence-electron chi connectivity index (χ1n) is 28.8. The molecule has 8 N–H and O–H groups in total. The number of halogens is 3. The number of carbonyl (C=O) groups excluding carboxylic acids is 5. The highest BCUT2D eigenvalue weighted by Crippen LogP contribution is 2.52. The van der Waals surface area contributed by atoms with Crippen molar-refractivity contribution in [2.75, 3.05) is 71.6 Å². The number of nitrogens with two attached hydrogens (primary N) is 2. The molecule has 0 radical (unpaired) electrons. The number of aliphatic hydroxyl groups is 1. The van der Waals surface area contributed by atoms with Gasteiger partial charge in [0.15, 0.2) is 11.5 Å². The van der Waals surface area contributed by atoms with Crippen LogP contribution in [-0.4, -0.2) is 149 Å². The van der Waals surface area contributed by atoms with Gasteiger partial charge in [0.05, 0.1) is 92.3 Å². The van der Waals surface area contributed by atoms with E-state index in [1.807, 2.05) is 57.3 Å². The minimum absolute atomic E-state index is 0.0526. The van der Waals surface area contributed by atoms with E-state index in [9.17, 15) is 37.9 Å². The van der Waals surface area contributed by atoms with Crippen LogP contribution in [0.4, 0.5) is 20.3 Å². The Hall–Kier alpha value is -8.85. The summed E-state index contributed by atoms with van der Waals surface area (Å²) < 4.78 is 54.2. The molecule has 1 saturated heterocycles. The standard InChI is InChI=1S/C63H71ClF2N12O11/c1-40-8-17-53(73-60(83)62(19-20-62)48-15-16-51-52(32-48)89-63(65,66)88-51)72-55(40)44-6-5-7-45(30-44)58(81)69-23-26-78(68)35-49(67)36-87-29-28-86-27-18-54(80)70-33-42-9-11-43(12-10-42)57-56(41(2)74-75(57)3)71-38-77(39-79)37-61(84)21-24-76(25-22-61)34-47-14-13-46(31-50(47)64)59(82)85-4/h5-17,30-32,35,38-39,84H,18-29,33-34,36-37,67-68H2,1-4H3,(H,69,81)(H,70,80)(H,72,73,83)/b49-35-,71-38?. The minimum atomic E-state index is -3.77. The molecule has 23 nitrogen and oxygen atoms in total. The molecule has 0 atom stereocenters. The highest BCUT2D eigenvalue weighted by atomic mass is 35.5. The molecule has 4 aromatic carbocycles. The van der Waals surface area contributed by atoms with Crippen LogP contribution in [0.25, 0.3) is 22.5 Å². The van der Waals surface area contributed by atoms with E-state index in [0.29, 0.717) is 108 Å². The first-order valence-corrected chi connectivity index (χ1v) is 29.2. The van der Waals surface area contributed by atoms with Crippen LogP contribution >= 0.6 is 11.6 Å². The van der Waals surface area contributed by atoms with Crippen molar-refractivity contribution in [3.05, 3.63) is 153 Å². The number of alkyl halides is 2. The fraction of sp³-hybridized carbons (Fsp3) is 0.365. The van der Waals surface area contributed by atoms with E-state index >= 15 is 0 Å². The zero-order valence-electron chi connectivity index (χ0n) is 49.7. The van der Waals surface area contributed by atoms with Gasteiger partial charge in [0, 0.05) is 74.1 Å². The number of benzene rings is 4. The van der Waals surface area contributed by atoms with Crippen LogP contribution in [0, 0.1) is 13.8 Å². The van der Waals surface area contributed by atoms with E-state index in [4.69, 9.17) is 42.4 Å². The number of hydrogen-bond donors (Lipinski definition) is 6. The van der Waals surface area contributed by atoms with Crippen LogP contribution in [0.1, 0.15) is 80.8 Å². The minimum Gasteiger partial charge on any atom is -0.465 e. The van der Waals surface area contributed by atoms with Crippen molar-refractivity contribution in [3.8, 4) is 34.0 Å². The predicted octanol–water partition coefficient (Wildman–Crippen LogP) is 6.79. The summed E-state index contributed by atoms with van der Waals surface area (Å²) in [6, 6.07) is 27.4. The Morgan fingerprint density at radius 2 is 1.64 bits per heavy atom. The number of rotatable bonds is 28. The monoisotopic (exact) mass is 1240 g/mol. The summed E-state index contributed by atoms with van der Waals surface area (Å²) in [5, 5.41) is 26.5. The Morgan fingerprint density at radius 1 is 0.888 bits per heavy atom. The van der Waals surface area contributed by atoms with Gasteiger partial charge in [-0.1, -0.05) is 66.2 Å². The van der Waals surface area contributed by atoms with Crippen molar-refractivity contribution >= 4 is 59.5 Å². The number of piperidine rings is 1. The molecule has 2 aromatic heterocycles. The third-order valence-corrected chi connectivity index (χ3v) is 15.8. The van der Waals surface area contributed by atoms with Gasteiger partial charge in [-0.3, -0.25) is 28.8 Å². The van der Waals surface area contributed by atoms with Crippen LogP contribution < -0.4 is 37.0 Å². The molecule has 0 spiro atoms. The number of nitrogens with one attached hydrogen (secondary N) is 3. The second-order valence-electron chi connectivity index (χ2n) is 22.1. The maximum absolute atomic E-state index is 13.7. The van der Waals surface area contributed by atoms with Crippen LogP contribution in [0.2, 0.25) is 5.02 Å². The largest absolute Gasteiger partial charge is 0.586 e. The lowest BCUT2D eigenvalue weighted by Crippen LogP contribution is -2.50. The number of nitrogens with zero attached hydrogens (tertiary/aromatic N) is 7. The van der Waals surface area contributed by atoms with Crippen molar-refractivity contribution in [1.29, 1.82) is 0 Å². The lowest BCUT2D eigenvalue weighted by Gasteiger charge is -2.39. The van der Waals surface area contributed by atoms with Crippen LogP contribution in [0.15, 0.2) is 114 Å². The molecule has 1 aliphatic carbocycles. The number of methoxy groups -OCH3 is 1. The van der Waals surface area contributed by atoms with Crippen LogP contribution in [0.3, 0.4) is 0 Å². The van der Waals surface area contributed by atoms with Crippen LogP contribution in [-0.2, 0) is 54.1 Å². The number of likely N-dealkylation sites (tertiary alicyclic amines) is 1. The molecule has 6 aromatic rings. The lowest BCUT2D eigenvalue weighted by molar-refractivity contribution is -0.286. The number of ether oxygens (including phenoxy) is 5. The molecule has 1 saturated carbocycles. The number of aryl methyl sites for hydroxylation is 3. The number of hydrogen-bond acceptors (Lipinski definition) is 18. The summed E-state index contributed by atoms with van der Waals surface area (Å²) in [6.07, 6.45) is 1.79. The van der Waals surface area contributed by atoms with E-state index in [2.05, 4.69) is 40.4 Å². The van der Waals surface area contributed by atoms with E-state index in [1.165, 1.54) is 41.7 Å². The molecule has 2 fully saturated rings. The van der Waals surface area contributed by atoms with Crippen LogP contribution in [0.5, 0.6) is 11.5 Å². The van der Waals surface area contributed by atoms with Gasteiger partial charge in [0.25, 0.3) is 5.91 Å². The Kier molecular flexibility index (Phi) is 20.7. The van der Waals surface area contributed by atoms with E-state index in [0.717, 1.165) is 27.9 Å². The molecule has 0 unspecified atom stereocenters. The van der Waals surface area contributed by atoms with Gasteiger partial charge in [-0.25, -0.2) is 20.6 Å². The second-order valence-corrected chi connectivity index (χ2v) is 22.5. The summed E-state index contributed by atoms with van der Waals surface area (Å²) >= 11 is 6.47. The number of anilines is 1. The average Bonchev–Trinajstić information content (AvgIpc) is 1.71. The zero-order chi connectivity index (χ0) is 63.5. The fourth-order valence-corrected chi connectivity index (χ4v) is 10.7. The Bertz CT molecular complexity index is 3630. The summed E-state index contributed by atoms with van der Waals surface area (Å²) in [5.41, 5.74) is 12.2. The number of fused-ring (bicyclic) bond motifs is 1. The Balaban J connectivity index is 0.640. The number of carbonyl (C=O) groups is 5. The topological polar surface area (TPSA) is 293 Å². The summed E-state index contributed by atoms with van der Waals surface area (Å²) in [4.78, 5) is 76.6. The van der Waals surface area contributed by atoms with Gasteiger partial charge in [-0.2, -0.15) is 5.10 Å². The predicted molar refractivity (Wildman–Crippen MR) is 327 cm³/mol. The Labute approximate surface area is 517 Å². The van der Waals surface area contributed by atoms with Gasteiger partial charge in [-0.05, 0) is 104 Å². The van der Waals surface area contributed by atoms with E-state index < -0.39 is 23.3 Å². The average molecular weight is 1250 g/mol. The highest BCUT2D eigenvalue weighted by molar-refractivity contribution is 6.31. The van der Waals surface area contributed by atoms with Crippen molar-refractivity contribution in [1.82, 2.24) is 40.2 Å². The lowest BCUT2D eigenvalue weighted by atomic mass is 9.90. The van der Waals surface area contributed by atoms with E-state index in [1.54, 1.807) is 53.2 Å². The molecular weight excluding hydrogens is 1170 g/mol. The normalized spacial score (nSPS) is 15.5. The molecule has 9 rings (SSSR count). The second kappa shape index (κ2) is 28.5. The van der Waals surface area contributed by atoms with Gasteiger partial charge < -0.3 is 60.4 Å². The summed E-state index contributed by atoms with van der Waals surface area (Å²) in [7, 11) is 3.12. The number of amides is 4. The molecule has 2 aliphatic heterocycles. The van der Waals surface area contributed by atoms with Gasteiger partial charge in [0.2, 0.25) is 18.2 Å². The van der Waals surface area contributed by atoms with Gasteiger partial charge in [-0.15, -0.1) is 8.78 Å². The number of hydrazine groups is 1. The molecule has 4 amide bonds. The molecule has 0 bridgehead atoms. The van der Waals surface area contributed by atoms with Crippen molar-refractivity contribution < 1.29 is 61.5 Å². The van der Waals surface area contributed by atoms with E-state index in [-0.39, 0.29) is 87.5 Å². The quantitative estimate of drug-likeness (QED) is 0.00561. The SMILES string of the molecule is COC(=O)c1ccc(CN2CCC(O)(CN(C=O)C=Nc3c(C)nn(C)c3-c3ccc(CNC(=O)CCOCCOC/C(N)=C/N(N)CCNC(=O)c4cccc(-c5nc(NC(=O)C6(c7ccc8c(c7)OC(F)(F)O8)CC6)ccc5C)c4)cc3)CC2)c(Cl)c1. The van der Waals surface area contributed by atoms with Crippen molar-refractivity contribution in [3.63, 3.8) is 0 Å². The number of aromatic nitrogens is 3. The van der Waals surface area contributed by atoms with Gasteiger partial charge >= 0.3 is 12.3 Å². The van der Waals surface area contributed by atoms with Crippen molar-refractivity contribution in [2.45, 2.75) is 76.4 Å². The number of esters is 1. The summed E-state index contributed by atoms with van der Waals surface area (Å²) in [6.45, 7) is 6.80. The fourth-order valence-electron chi connectivity index (χ4n) is 10.5. The number of pyridine rings is 1. The molecular formula is C63H71ClF2N12O11. The number of aliphatic imine (C=N–C) groups is 1. The molecule has 4 heterocycles.